The number of carbonyl (C=O) groups excluding carboxylic acids is 1. The second kappa shape index (κ2) is 8.73. The fraction of sp³-hybridized carbons (Fsp3) is 0.294. The topological polar surface area (TPSA) is 84.7 Å². The van der Waals surface area contributed by atoms with Crippen LogP contribution in [-0.4, -0.2) is 31.6 Å². The Kier molecular flexibility index (Phi) is 6.35. The molecule has 0 aliphatic rings. The standard InChI is InChI=1S/C17H19ClN6OS2/c1-10(2)24-14(7-8-19-24)21-15(25)9-26-17-23-22-16(27-17)20-13-6-4-5-12(18)11(13)3/h4-8,10H,9H2,1-3H3,(H,20,22)(H,21,25). The number of benzene rings is 1. The SMILES string of the molecule is Cc1c(Cl)cccc1Nc1nnc(SCC(=O)Nc2ccnn2C(C)C)s1. The van der Waals surface area contributed by atoms with Crippen molar-refractivity contribution in [1.29, 1.82) is 0 Å². The molecule has 0 aliphatic carbocycles. The quantitative estimate of drug-likeness (QED) is 0.534. The van der Waals surface area contributed by atoms with Crippen molar-refractivity contribution in [3.63, 3.8) is 0 Å². The van der Waals surface area contributed by atoms with Crippen molar-refractivity contribution >= 4 is 57.2 Å². The maximum atomic E-state index is 12.2. The van der Waals surface area contributed by atoms with E-state index in [1.54, 1.807) is 16.9 Å². The maximum Gasteiger partial charge on any atom is 0.235 e. The van der Waals surface area contributed by atoms with Gasteiger partial charge >= 0.3 is 0 Å². The van der Waals surface area contributed by atoms with Gasteiger partial charge in [0.15, 0.2) is 4.34 Å². The molecule has 0 fully saturated rings. The van der Waals surface area contributed by atoms with E-state index in [9.17, 15) is 4.79 Å². The molecule has 0 bridgehead atoms. The van der Waals surface area contributed by atoms with E-state index in [1.165, 1.54) is 23.1 Å². The first-order valence-electron chi connectivity index (χ1n) is 8.26. The molecule has 27 heavy (non-hydrogen) atoms. The molecule has 3 rings (SSSR count). The minimum atomic E-state index is -0.113. The number of nitrogens with one attached hydrogen (secondary N) is 2. The van der Waals surface area contributed by atoms with E-state index in [2.05, 4.69) is 25.9 Å². The van der Waals surface area contributed by atoms with Crippen molar-refractivity contribution in [2.24, 2.45) is 0 Å². The molecular formula is C17H19ClN6OS2. The summed E-state index contributed by atoms with van der Waals surface area (Å²) < 4.78 is 2.48. The highest BCUT2D eigenvalue weighted by molar-refractivity contribution is 8.01. The first-order valence-corrected chi connectivity index (χ1v) is 10.4. The molecular weight excluding hydrogens is 404 g/mol. The molecule has 1 aromatic carbocycles. The Labute approximate surface area is 170 Å². The van der Waals surface area contributed by atoms with Crippen LogP contribution in [0.3, 0.4) is 0 Å². The molecule has 7 nitrogen and oxygen atoms in total. The second-order valence-corrected chi connectivity index (χ2v) is 8.61. The van der Waals surface area contributed by atoms with Gasteiger partial charge in [0, 0.05) is 22.8 Å². The van der Waals surface area contributed by atoms with Crippen LogP contribution in [-0.2, 0) is 4.79 Å². The third-order valence-electron chi connectivity index (χ3n) is 3.67. The summed E-state index contributed by atoms with van der Waals surface area (Å²) >= 11 is 8.86. The number of aromatic nitrogens is 4. The number of nitrogens with zero attached hydrogens (tertiary/aromatic N) is 4. The zero-order valence-corrected chi connectivity index (χ0v) is 17.5. The first kappa shape index (κ1) is 19.7. The molecule has 0 atom stereocenters. The lowest BCUT2D eigenvalue weighted by atomic mass is 10.2. The average molecular weight is 423 g/mol. The molecule has 2 heterocycles. The summed E-state index contributed by atoms with van der Waals surface area (Å²) in [6, 6.07) is 7.60. The lowest BCUT2D eigenvalue weighted by molar-refractivity contribution is -0.113. The molecule has 0 spiro atoms. The Morgan fingerprint density at radius 1 is 1.33 bits per heavy atom. The zero-order valence-electron chi connectivity index (χ0n) is 15.1. The van der Waals surface area contributed by atoms with Gasteiger partial charge in [0.1, 0.15) is 5.82 Å². The van der Waals surface area contributed by atoms with Gasteiger partial charge in [-0.1, -0.05) is 40.8 Å². The highest BCUT2D eigenvalue weighted by atomic mass is 35.5. The zero-order chi connectivity index (χ0) is 19.4. The summed E-state index contributed by atoms with van der Waals surface area (Å²) in [7, 11) is 0. The molecule has 10 heteroatoms. The molecule has 2 N–H and O–H groups in total. The van der Waals surface area contributed by atoms with Crippen LogP contribution in [0.1, 0.15) is 25.5 Å². The van der Waals surface area contributed by atoms with Crippen molar-refractivity contribution in [3.05, 3.63) is 41.0 Å². The summed E-state index contributed by atoms with van der Waals surface area (Å²) in [5.74, 6) is 0.818. The Hall–Kier alpha value is -2.10. The molecule has 0 saturated carbocycles. The summed E-state index contributed by atoms with van der Waals surface area (Å²) in [4.78, 5) is 12.2. The number of anilines is 3. The predicted octanol–water partition coefficient (Wildman–Crippen LogP) is 4.75. The van der Waals surface area contributed by atoms with Crippen LogP contribution < -0.4 is 10.6 Å². The number of hydrogen-bond acceptors (Lipinski definition) is 7. The third kappa shape index (κ3) is 5.00. The number of halogens is 1. The summed E-state index contributed by atoms with van der Waals surface area (Å²) in [6.07, 6.45) is 1.67. The van der Waals surface area contributed by atoms with Gasteiger partial charge in [-0.3, -0.25) is 4.79 Å². The molecule has 0 radical (unpaired) electrons. The van der Waals surface area contributed by atoms with Gasteiger partial charge in [0.25, 0.3) is 0 Å². The summed E-state index contributed by atoms with van der Waals surface area (Å²) in [5, 5.41) is 19.9. The molecule has 2 aromatic heterocycles. The number of carbonyl (C=O) groups is 1. The van der Waals surface area contributed by atoms with E-state index in [0.717, 1.165) is 11.3 Å². The first-order chi connectivity index (χ1) is 12.9. The van der Waals surface area contributed by atoms with E-state index in [4.69, 9.17) is 11.6 Å². The van der Waals surface area contributed by atoms with E-state index >= 15 is 0 Å². The van der Waals surface area contributed by atoms with Crippen LogP contribution in [0.15, 0.2) is 34.8 Å². The summed E-state index contributed by atoms with van der Waals surface area (Å²) in [6.45, 7) is 5.96. The second-order valence-electron chi connectivity index (χ2n) is 6.00. The molecule has 142 valence electrons. The van der Waals surface area contributed by atoms with Crippen molar-refractivity contribution in [2.45, 2.75) is 31.2 Å². The van der Waals surface area contributed by atoms with E-state index in [1.807, 2.05) is 39.0 Å². The van der Waals surface area contributed by atoms with Crippen LogP contribution in [0, 0.1) is 6.92 Å². The molecule has 0 aliphatic heterocycles. The molecule has 1 amide bonds. The molecule has 0 saturated heterocycles. The van der Waals surface area contributed by atoms with E-state index in [-0.39, 0.29) is 17.7 Å². The van der Waals surface area contributed by atoms with Crippen molar-refractivity contribution < 1.29 is 4.79 Å². The highest BCUT2D eigenvalue weighted by Gasteiger charge is 2.12. The average Bonchev–Trinajstić information content (AvgIpc) is 3.26. The molecule has 0 unspecified atom stereocenters. The van der Waals surface area contributed by atoms with Gasteiger partial charge in [-0.05, 0) is 38.5 Å². The van der Waals surface area contributed by atoms with Gasteiger partial charge in [-0.2, -0.15) is 5.10 Å². The van der Waals surface area contributed by atoms with Gasteiger partial charge in [-0.25, -0.2) is 4.68 Å². The largest absolute Gasteiger partial charge is 0.330 e. The van der Waals surface area contributed by atoms with Crippen LogP contribution in [0.25, 0.3) is 0 Å². The van der Waals surface area contributed by atoms with Crippen LogP contribution in [0.5, 0.6) is 0 Å². The Morgan fingerprint density at radius 3 is 2.93 bits per heavy atom. The van der Waals surface area contributed by atoms with Crippen LogP contribution in [0.4, 0.5) is 16.6 Å². The van der Waals surface area contributed by atoms with E-state index in [0.29, 0.717) is 20.3 Å². The maximum absolute atomic E-state index is 12.2. The summed E-state index contributed by atoms with van der Waals surface area (Å²) in [5.41, 5.74) is 1.83. The normalized spacial score (nSPS) is 11.0. The van der Waals surface area contributed by atoms with Crippen LogP contribution >= 0.6 is 34.7 Å². The minimum absolute atomic E-state index is 0.113. The fourth-order valence-electron chi connectivity index (χ4n) is 2.31. The van der Waals surface area contributed by atoms with Crippen molar-refractivity contribution in [2.75, 3.05) is 16.4 Å². The third-order valence-corrected chi connectivity index (χ3v) is 6.05. The van der Waals surface area contributed by atoms with Crippen LogP contribution in [0.2, 0.25) is 5.02 Å². The van der Waals surface area contributed by atoms with Gasteiger partial charge in [0.2, 0.25) is 11.0 Å². The monoisotopic (exact) mass is 422 g/mol. The smallest absolute Gasteiger partial charge is 0.235 e. The van der Waals surface area contributed by atoms with Gasteiger partial charge in [-0.15, -0.1) is 10.2 Å². The van der Waals surface area contributed by atoms with Crippen molar-refractivity contribution in [1.82, 2.24) is 20.0 Å². The lowest BCUT2D eigenvalue weighted by Crippen LogP contribution is -2.18. The minimum Gasteiger partial charge on any atom is -0.330 e. The lowest BCUT2D eigenvalue weighted by Gasteiger charge is -2.11. The Balaban J connectivity index is 1.55. The number of hydrogen-bond donors (Lipinski definition) is 2. The number of amides is 1. The number of rotatable bonds is 7. The predicted molar refractivity (Wildman–Crippen MR) is 111 cm³/mol. The Morgan fingerprint density at radius 2 is 2.15 bits per heavy atom. The van der Waals surface area contributed by atoms with E-state index < -0.39 is 0 Å². The molecule has 3 aromatic rings. The van der Waals surface area contributed by atoms with Gasteiger partial charge < -0.3 is 10.6 Å². The fourth-order valence-corrected chi connectivity index (χ4v) is 4.05. The number of thioether (sulfide) groups is 1. The Bertz CT molecular complexity index is 939. The van der Waals surface area contributed by atoms with Crippen molar-refractivity contribution in [3.8, 4) is 0 Å². The van der Waals surface area contributed by atoms with Gasteiger partial charge in [0.05, 0.1) is 11.9 Å². The highest BCUT2D eigenvalue weighted by Crippen LogP contribution is 2.30.